The van der Waals surface area contributed by atoms with Crippen LogP contribution in [0.4, 0.5) is 22.7 Å². The molecule has 0 unspecified atom stereocenters. The molecule has 41 heavy (non-hydrogen) atoms. The molecule has 0 atom stereocenters. The van der Waals surface area contributed by atoms with Crippen LogP contribution >= 0.6 is 17.0 Å². The lowest BCUT2D eigenvalue weighted by Crippen LogP contribution is -2.36. The summed E-state index contributed by atoms with van der Waals surface area (Å²) in [6.45, 7) is 3.61. The van der Waals surface area contributed by atoms with E-state index in [9.17, 15) is 18.0 Å². The Morgan fingerprint density at radius 3 is 2.15 bits per heavy atom. The number of nitrogens with one attached hydrogen (secondary N) is 2. The smallest absolute Gasteiger partial charge is 0.240 e. The molecule has 0 aliphatic heterocycles. The van der Waals surface area contributed by atoms with E-state index in [2.05, 4.69) is 17.6 Å². The molecule has 0 fully saturated rings. The molecule has 2 N–H and O–H groups in total. The molecule has 4 rings (SSSR count). The van der Waals surface area contributed by atoms with Gasteiger partial charge in [-0.1, -0.05) is 57.2 Å². The van der Waals surface area contributed by atoms with E-state index in [4.69, 9.17) is 4.98 Å². The zero-order valence-corrected chi connectivity index (χ0v) is 26.2. The largest absolute Gasteiger partial charge is 0.354 e. The lowest BCUT2D eigenvalue weighted by Gasteiger charge is -2.21. The van der Waals surface area contributed by atoms with Gasteiger partial charge in [0.25, 0.3) is 0 Å². The monoisotopic (exact) mass is 640 g/mol. The predicted molar refractivity (Wildman–Crippen MR) is 174 cm³/mol. The second kappa shape index (κ2) is 14.4. The molecule has 0 radical (unpaired) electrons. The first kappa shape index (κ1) is 32.0. The molecule has 3 aromatic carbocycles. The van der Waals surface area contributed by atoms with Crippen LogP contribution in [0.15, 0.2) is 66.7 Å². The minimum absolute atomic E-state index is 0. The second-order valence-electron chi connectivity index (χ2n) is 10.0. The van der Waals surface area contributed by atoms with Crippen LogP contribution in [0.5, 0.6) is 0 Å². The number of aromatic nitrogens is 1. The van der Waals surface area contributed by atoms with Crippen molar-refractivity contribution in [2.24, 2.45) is 0 Å². The van der Waals surface area contributed by atoms with E-state index in [1.54, 1.807) is 24.3 Å². The number of hydrogen-bond acceptors (Lipinski definition) is 6. The van der Waals surface area contributed by atoms with Crippen LogP contribution in [0.1, 0.15) is 58.8 Å². The molecule has 1 heterocycles. The molecule has 218 valence electrons. The maximum atomic E-state index is 12.9. The molecule has 4 aromatic rings. The molecular weight excluding hydrogens is 604 g/mol. The van der Waals surface area contributed by atoms with Crippen LogP contribution in [0, 0.1) is 0 Å². The zero-order valence-electron chi connectivity index (χ0n) is 23.6. The van der Waals surface area contributed by atoms with Gasteiger partial charge in [-0.05, 0) is 55.0 Å². The van der Waals surface area contributed by atoms with Crippen molar-refractivity contribution in [3.8, 4) is 0 Å². The Hall–Kier alpha value is -3.50. The maximum absolute atomic E-state index is 12.9. The molecule has 10 heteroatoms. The van der Waals surface area contributed by atoms with Crippen LogP contribution in [0.3, 0.4) is 0 Å². The molecule has 8 nitrogen and oxygen atoms in total. The number of carbonyl (C=O) groups excluding carboxylic acids is 2. The number of nitrogens with zero attached hydrogens (tertiary/aromatic N) is 2. The summed E-state index contributed by atoms with van der Waals surface area (Å²) in [6.07, 6.45) is 7.33. The number of fused-ring (bicyclic) bond motifs is 2. The van der Waals surface area contributed by atoms with Crippen molar-refractivity contribution in [2.75, 3.05) is 21.2 Å². The highest BCUT2D eigenvalue weighted by molar-refractivity contribution is 8.93. The summed E-state index contributed by atoms with van der Waals surface area (Å²) >= 11 is 0. The molecule has 0 saturated carbocycles. The highest BCUT2D eigenvalue weighted by atomic mass is 79.9. The Balaban J connectivity index is 0.00000462. The summed E-state index contributed by atoms with van der Waals surface area (Å²) in [5.74, 6) is -0.577. The van der Waals surface area contributed by atoms with Crippen molar-refractivity contribution in [3.05, 3.63) is 66.7 Å². The van der Waals surface area contributed by atoms with Gasteiger partial charge in [-0.2, -0.15) is 0 Å². The molecule has 0 spiro atoms. The van der Waals surface area contributed by atoms with E-state index in [1.165, 1.54) is 13.3 Å². The van der Waals surface area contributed by atoms with E-state index in [1.807, 2.05) is 42.5 Å². The fourth-order valence-electron chi connectivity index (χ4n) is 4.81. The number of hydrogen-bond donors (Lipinski definition) is 2. The van der Waals surface area contributed by atoms with Crippen molar-refractivity contribution in [1.29, 1.82) is 0 Å². The van der Waals surface area contributed by atoms with E-state index in [0.29, 0.717) is 23.3 Å². The highest BCUT2D eigenvalue weighted by Crippen LogP contribution is 2.35. The first-order chi connectivity index (χ1) is 19.2. The average Bonchev–Trinajstić information content (AvgIpc) is 2.90. The van der Waals surface area contributed by atoms with E-state index < -0.39 is 15.9 Å². The summed E-state index contributed by atoms with van der Waals surface area (Å²) < 4.78 is 26.0. The summed E-state index contributed by atoms with van der Waals surface area (Å²) in [5.41, 5.74) is 4.04. The summed E-state index contributed by atoms with van der Waals surface area (Å²) in [7, 11) is -3.79. The summed E-state index contributed by atoms with van der Waals surface area (Å²) in [4.78, 5) is 29.3. The van der Waals surface area contributed by atoms with Crippen molar-refractivity contribution in [2.45, 2.75) is 58.8 Å². The molecule has 2 amide bonds. The number of halogens is 1. The van der Waals surface area contributed by atoms with Crippen molar-refractivity contribution in [1.82, 2.24) is 4.98 Å². The van der Waals surface area contributed by atoms with Gasteiger partial charge in [-0.25, -0.2) is 17.7 Å². The molecule has 0 saturated heterocycles. The van der Waals surface area contributed by atoms with Crippen LogP contribution in [0.25, 0.3) is 21.8 Å². The molecule has 0 bridgehead atoms. The Bertz CT molecular complexity index is 1630. The van der Waals surface area contributed by atoms with Gasteiger partial charge >= 0.3 is 0 Å². The maximum Gasteiger partial charge on any atom is 0.240 e. The first-order valence-corrected chi connectivity index (χ1v) is 15.5. The lowest BCUT2D eigenvalue weighted by molar-refractivity contribution is -0.117. The minimum Gasteiger partial charge on any atom is -0.354 e. The number of anilines is 4. The number of para-hydroxylation sites is 1. The minimum atomic E-state index is -3.79. The van der Waals surface area contributed by atoms with Gasteiger partial charge in [-0.15, -0.1) is 17.0 Å². The number of carbonyl (C=O) groups is 2. The Morgan fingerprint density at radius 2 is 1.46 bits per heavy atom. The van der Waals surface area contributed by atoms with Crippen molar-refractivity contribution in [3.63, 3.8) is 0 Å². The molecule has 0 aliphatic rings. The third kappa shape index (κ3) is 8.27. The molecule has 1 aromatic heterocycles. The Kier molecular flexibility index (Phi) is 11.3. The third-order valence-electron chi connectivity index (χ3n) is 6.68. The number of pyridine rings is 1. The van der Waals surface area contributed by atoms with Gasteiger partial charge < -0.3 is 10.6 Å². The van der Waals surface area contributed by atoms with Crippen LogP contribution in [-0.4, -0.2) is 31.5 Å². The number of sulfonamides is 1. The normalized spacial score (nSPS) is 11.2. The average molecular weight is 642 g/mol. The van der Waals surface area contributed by atoms with E-state index in [0.717, 1.165) is 63.9 Å². The van der Waals surface area contributed by atoms with Crippen molar-refractivity contribution >= 4 is 83.4 Å². The van der Waals surface area contributed by atoms with Gasteiger partial charge in [0, 0.05) is 35.5 Å². The zero-order chi connectivity index (χ0) is 28.7. The fourth-order valence-corrected chi connectivity index (χ4v) is 5.78. The second-order valence-corrected chi connectivity index (χ2v) is 11.9. The van der Waals surface area contributed by atoms with E-state index in [-0.39, 0.29) is 29.3 Å². The van der Waals surface area contributed by atoms with Crippen LogP contribution in [-0.2, 0) is 19.6 Å². The number of benzene rings is 3. The standard InChI is InChI=1S/C31H36N4O4S.BrH/c1-4-5-6-7-8-9-14-30(37)35(40(3,38)39)25-18-15-23(16-19-25)33-31-26-12-10-11-13-28(26)34-29-21-24(32-22(2)36)17-20-27(29)31;/h10-13,15-21H,4-9,14H2,1-3H3,(H,32,36)(H,33,34);1H. The van der Waals surface area contributed by atoms with E-state index >= 15 is 0 Å². The van der Waals surface area contributed by atoms with Crippen LogP contribution < -0.4 is 14.9 Å². The molecule has 0 aliphatic carbocycles. The summed E-state index contributed by atoms with van der Waals surface area (Å²) in [5, 5.41) is 8.04. The topological polar surface area (TPSA) is 108 Å². The van der Waals surface area contributed by atoms with Gasteiger partial charge in [0.1, 0.15) is 0 Å². The predicted octanol–water partition coefficient (Wildman–Crippen LogP) is 7.71. The number of rotatable bonds is 12. The van der Waals surface area contributed by atoms with Crippen molar-refractivity contribution < 1.29 is 18.0 Å². The molecular formula is C31H37BrN4O4S. The Labute approximate surface area is 252 Å². The SMILES string of the molecule is Br.CCCCCCCCC(=O)N(c1ccc(Nc2c3ccccc3nc3cc(NC(C)=O)ccc23)cc1)S(C)(=O)=O. The van der Waals surface area contributed by atoms with Gasteiger partial charge in [-0.3, -0.25) is 9.59 Å². The number of amides is 2. The van der Waals surface area contributed by atoms with Gasteiger partial charge in [0.05, 0.1) is 28.7 Å². The van der Waals surface area contributed by atoms with Crippen LogP contribution in [0.2, 0.25) is 0 Å². The summed E-state index contributed by atoms with van der Waals surface area (Å²) in [6, 6.07) is 20.1. The quantitative estimate of drug-likeness (QED) is 0.121. The van der Waals surface area contributed by atoms with Gasteiger partial charge in [0.2, 0.25) is 21.8 Å². The Morgan fingerprint density at radius 1 is 0.829 bits per heavy atom. The lowest BCUT2D eigenvalue weighted by atomic mass is 10.1. The number of unbranched alkanes of at least 4 members (excludes halogenated alkanes) is 5. The fraction of sp³-hybridized carbons (Fsp3) is 0.323. The van der Waals surface area contributed by atoms with Gasteiger partial charge in [0.15, 0.2) is 0 Å². The first-order valence-electron chi connectivity index (χ1n) is 13.7. The highest BCUT2D eigenvalue weighted by Gasteiger charge is 2.25. The third-order valence-corrected chi connectivity index (χ3v) is 7.75.